The second kappa shape index (κ2) is 13.6. The average Bonchev–Trinajstić information content (AvgIpc) is 2.90. The van der Waals surface area contributed by atoms with Gasteiger partial charge in [0.1, 0.15) is 30.5 Å². The van der Waals surface area contributed by atoms with E-state index in [1.165, 1.54) is 19.1 Å². The third-order valence-electron chi connectivity index (χ3n) is 5.20. The Balaban J connectivity index is 1.51. The van der Waals surface area contributed by atoms with Gasteiger partial charge in [-0.2, -0.15) is 0 Å². The lowest BCUT2D eigenvalue weighted by Gasteiger charge is -2.07. The predicted octanol–water partition coefficient (Wildman–Crippen LogP) is 7.15. The number of ether oxygens (including phenoxy) is 3. The van der Waals surface area contributed by atoms with Gasteiger partial charge in [0.15, 0.2) is 0 Å². The third-order valence-corrected chi connectivity index (χ3v) is 5.20. The molecule has 0 N–H and O–H groups in total. The number of esters is 2. The van der Waals surface area contributed by atoms with Crippen molar-refractivity contribution in [1.82, 2.24) is 0 Å². The molecule has 0 amide bonds. The van der Waals surface area contributed by atoms with Crippen molar-refractivity contribution in [3.05, 3.63) is 119 Å². The molecule has 0 saturated heterocycles. The second-order valence-electron chi connectivity index (χ2n) is 8.52. The Morgan fingerprint density at radius 1 is 0.711 bits per heavy atom. The minimum atomic E-state index is -0.594. The molecule has 38 heavy (non-hydrogen) atoms. The van der Waals surface area contributed by atoms with Crippen molar-refractivity contribution in [2.75, 3.05) is 13.2 Å². The molecular weight excluding hydrogens is 483 g/mol. The fraction of sp³-hybridized carbons (Fsp3) is 0.125. The zero-order valence-corrected chi connectivity index (χ0v) is 21.4. The summed E-state index contributed by atoms with van der Waals surface area (Å²) in [5.74, 6) is -0.697. The van der Waals surface area contributed by atoms with Crippen LogP contribution in [0.2, 0.25) is 0 Å². The minimum Gasteiger partial charge on any atom is -0.490 e. The van der Waals surface area contributed by atoms with Gasteiger partial charge in [0, 0.05) is 22.8 Å². The van der Waals surface area contributed by atoms with Crippen molar-refractivity contribution in [2.45, 2.75) is 13.8 Å². The third kappa shape index (κ3) is 8.75. The highest BCUT2D eigenvalue weighted by atomic mass is 19.1. The van der Waals surface area contributed by atoms with Crippen LogP contribution < -0.4 is 9.47 Å². The van der Waals surface area contributed by atoms with Gasteiger partial charge in [0.05, 0.1) is 0 Å². The van der Waals surface area contributed by atoms with Crippen LogP contribution in [0.15, 0.2) is 91.0 Å². The summed E-state index contributed by atoms with van der Waals surface area (Å²) in [7, 11) is 0. The summed E-state index contributed by atoms with van der Waals surface area (Å²) in [5, 5.41) is 0. The Morgan fingerprint density at radius 3 is 1.74 bits per heavy atom. The molecule has 3 aromatic carbocycles. The van der Waals surface area contributed by atoms with Crippen LogP contribution in [0, 0.1) is 5.82 Å². The van der Waals surface area contributed by atoms with Gasteiger partial charge in [-0.1, -0.05) is 73.9 Å². The minimum absolute atomic E-state index is 0.132. The first-order valence-corrected chi connectivity index (χ1v) is 11.9. The lowest BCUT2D eigenvalue weighted by molar-refractivity contribution is -0.139. The molecule has 0 aliphatic heterocycles. The van der Waals surface area contributed by atoms with E-state index in [2.05, 4.69) is 13.2 Å². The molecule has 0 heterocycles. The van der Waals surface area contributed by atoms with Crippen LogP contribution in [0.1, 0.15) is 36.1 Å². The first-order valence-electron chi connectivity index (χ1n) is 11.9. The molecule has 0 bridgehead atoms. The molecule has 3 rings (SSSR count). The van der Waals surface area contributed by atoms with Crippen LogP contribution in [0.4, 0.5) is 4.39 Å². The van der Waals surface area contributed by atoms with E-state index in [9.17, 15) is 14.0 Å². The smallest absolute Gasteiger partial charge is 0.338 e. The van der Waals surface area contributed by atoms with E-state index in [0.717, 1.165) is 16.7 Å². The van der Waals surface area contributed by atoms with E-state index < -0.39 is 17.8 Å². The molecule has 0 fully saturated rings. The topological polar surface area (TPSA) is 61.8 Å². The van der Waals surface area contributed by atoms with Crippen LogP contribution in [-0.4, -0.2) is 25.2 Å². The molecule has 0 aliphatic rings. The number of carbonyl (C=O) groups excluding carboxylic acids is 2. The molecule has 6 heteroatoms. The standard InChI is InChI=1S/C32H29FO5/c1-22(2)31(34)37-20-19-36-28-16-12-26(13-17-28)10-7-24-5-8-25(9-6-24)11-14-27-15-18-29(21-30(27)33)38-32(35)23(3)4/h5-18,21H,1,3,19-20H2,2,4H3/b10-7+,14-11+. The summed E-state index contributed by atoms with van der Waals surface area (Å²) in [5.41, 5.74) is 3.90. The van der Waals surface area contributed by atoms with Gasteiger partial charge in [-0.25, -0.2) is 14.0 Å². The van der Waals surface area contributed by atoms with Gasteiger partial charge >= 0.3 is 11.9 Å². The van der Waals surface area contributed by atoms with Crippen LogP contribution in [0.5, 0.6) is 11.5 Å². The maximum absolute atomic E-state index is 14.4. The summed E-state index contributed by atoms with van der Waals surface area (Å²) in [6.45, 7) is 10.6. The molecule has 3 aromatic rings. The van der Waals surface area contributed by atoms with Gasteiger partial charge in [0.25, 0.3) is 0 Å². The van der Waals surface area contributed by atoms with E-state index in [1.54, 1.807) is 19.1 Å². The summed E-state index contributed by atoms with van der Waals surface area (Å²) in [4.78, 5) is 22.9. The van der Waals surface area contributed by atoms with Crippen LogP contribution in [-0.2, 0) is 14.3 Å². The van der Waals surface area contributed by atoms with Crippen molar-refractivity contribution in [3.8, 4) is 11.5 Å². The lowest BCUT2D eigenvalue weighted by Crippen LogP contribution is -2.12. The molecule has 0 saturated carbocycles. The average molecular weight is 513 g/mol. The zero-order chi connectivity index (χ0) is 27.5. The maximum atomic E-state index is 14.4. The number of hydrogen-bond acceptors (Lipinski definition) is 5. The molecule has 0 aliphatic carbocycles. The quantitative estimate of drug-likeness (QED) is 0.0898. The molecule has 0 unspecified atom stereocenters. The Morgan fingerprint density at radius 2 is 1.21 bits per heavy atom. The van der Waals surface area contributed by atoms with Crippen molar-refractivity contribution in [1.29, 1.82) is 0 Å². The van der Waals surface area contributed by atoms with Gasteiger partial charge < -0.3 is 14.2 Å². The number of hydrogen-bond donors (Lipinski definition) is 0. The van der Waals surface area contributed by atoms with E-state index in [-0.39, 0.29) is 24.5 Å². The van der Waals surface area contributed by atoms with Crippen molar-refractivity contribution in [2.24, 2.45) is 0 Å². The van der Waals surface area contributed by atoms with Crippen molar-refractivity contribution < 1.29 is 28.2 Å². The first-order chi connectivity index (χ1) is 18.2. The number of carbonyl (C=O) groups is 2. The molecule has 0 atom stereocenters. The Bertz CT molecular complexity index is 1370. The van der Waals surface area contributed by atoms with Crippen LogP contribution >= 0.6 is 0 Å². The summed E-state index contributed by atoms with van der Waals surface area (Å²) >= 11 is 0. The Labute approximate surface area is 222 Å². The lowest BCUT2D eigenvalue weighted by atomic mass is 10.1. The fourth-order valence-corrected chi connectivity index (χ4v) is 3.09. The zero-order valence-electron chi connectivity index (χ0n) is 21.4. The van der Waals surface area contributed by atoms with Gasteiger partial charge in [-0.05, 0) is 54.8 Å². The van der Waals surface area contributed by atoms with Crippen molar-refractivity contribution in [3.63, 3.8) is 0 Å². The van der Waals surface area contributed by atoms with E-state index in [4.69, 9.17) is 14.2 Å². The van der Waals surface area contributed by atoms with E-state index in [1.807, 2.05) is 66.8 Å². The number of benzene rings is 3. The molecular formula is C32H29FO5. The van der Waals surface area contributed by atoms with Crippen LogP contribution in [0.25, 0.3) is 24.3 Å². The van der Waals surface area contributed by atoms with Gasteiger partial charge in [0.2, 0.25) is 0 Å². The van der Waals surface area contributed by atoms with Gasteiger partial charge in [-0.15, -0.1) is 0 Å². The molecule has 5 nitrogen and oxygen atoms in total. The summed E-state index contributed by atoms with van der Waals surface area (Å²) in [6.07, 6.45) is 7.45. The molecule has 0 aromatic heterocycles. The Hall–Kier alpha value is -4.71. The largest absolute Gasteiger partial charge is 0.490 e. The molecule has 0 radical (unpaired) electrons. The SMILES string of the molecule is C=C(C)C(=O)OCCOc1ccc(/C=C/c2ccc(/C=C/c3ccc(OC(=O)C(=C)C)cc3F)cc2)cc1. The highest BCUT2D eigenvalue weighted by molar-refractivity contribution is 5.89. The first kappa shape index (κ1) is 27.9. The predicted molar refractivity (Wildman–Crippen MR) is 149 cm³/mol. The van der Waals surface area contributed by atoms with E-state index >= 15 is 0 Å². The molecule has 194 valence electrons. The van der Waals surface area contributed by atoms with E-state index in [0.29, 0.717) is 16.9 Å². The molecule has 0 spiro atoms. The summed E-state index contributed by atoms with van der Waals surface area (Å²) in [6, 6.07) is 19.7. The maximum Gasteiger partial charge on any atom is 0.338 e. The normalized spacial score (nSPS) is 10.9. The van der Waals surface area contributed by atoms with Gasteiger partial charge in [-0.3, -0.25) is 0 Å². The van der Waals surface area contributed by atoms with Crippen LogP contribution in [0.3, 0.4) is 0 Å². The number of halogens is 1. The second-order valence-corrected chi connectivity index (χ2v) is 8.52. The number of rotatable bonds is 11. The van der Waals surface area contributed by atoms with Crippen molar-refractivity contribution >= 4 is 36.2 Å². The Kier molecular flexibility index (Phi) is 9.94. The summed E-state index contributed by atoms with van der Waals surface area (Å²) < 4.78 is 30.0. The fourth-order valence-electron chi connectivity index (χ4n) is 3.09. The monoisotopic (exact) mass is 512 g/mol. The highest BCUT2D eigenvalue weighted by Gasteiger charge is 2.08. The highest BCUT2D eigenvalue weighted by Crippen LogP contribution is 2.20.